The zero-order chi connectivity index (χ0) is 9.42. The predicted molar refractivity (Wildman–Crippen MR) is 47.1 cm³/mol. The van der Waals surface area contributed by atoms with Crippen molar-refractivity contribution in [3.8, 4) is 5.19 Å². The first-order chi connectivity index (χ1) is 6.22. The lowest BCUT2D eigenvalue weighted by molar-refractivity contribution is -0.138. The minimum absolute atomic E-state index is 0.166. The number of rotatable bonds is 3. The second kappa shape index (κ2) is 2.99. The van der Waals surface area contributed by atoms with Crippen LogP contribution in [-0.2, 0) is 4.79 Å². The third kappa shape index (κ3) is 1.51. The molecule has 1 fully saturated rings. The molecule has 13 heavy (non-hydrogen) atoms. The number of carboxylic acids is 1. The first-order valence-corrected chi connectivity index (χ1v) is 4.76. The molecule has 0 spiro atoms. The summed E-state index contributed by atoms with van der Waals surface area (Å²) >= 11 is 1.43. The molecule has 1 aromatic rings. The van der Waals surface area contributed by atoms with E-state index in [1.165, 1.54) is 11.3 Å². The molecule has 2 atom stereocenters. The number of ether oxygens (including phenoxy) is 1. The Morgan fingerprint density at radius 3 is 3.08 bits per heavy atom. The molecule has 1 aliphatic carbocycles. The average Bonchev–Trinajstić information content (AvgIpc) is 2.78. The Bertz CT molecular complexity index is 336. The van der Waals surface area contributed by atoms with Gasteiger partial charge in [0.1, 0.15) is 0 Å². The fourth-order valence-corrected chi connectivity index (χ4v) is 2.23. The predicted octanol–water partition coefficient (Wildman–Crippen LogP) is 1.34. The smallest absolute Gasteiger partial charge is 0.307 e. The molecule has 1 saturated carbocycles. The Hall–Kier alpha value is -1.10. The maximum atomic E-state index is 10.6. The largest absolute Gasteiger partial charge is 0.481 e. The molecule has 5 heteroatoms. The van der Waals surface area contributed by atoms with E-state index in [1.54, 1.807) is 13.3 Å². The third-order valence-corrected chi connectivity index (χ3v) is 3.24. The fourth-order valence-electron chi connectivity index (χ4n) is 1.32. The van der Waals surface area contributed by atoms with Crippen LogP contribution in [0.4, 0.5) is 0 Å². The van der Waals surface area contributed by atoms with Crippen molar-refractivity contribution in [3.05, 3.63) is 11.1 Å². The summed E-state index contributed by atoms with van der Waals surface area (Å²) in [7, 11) is 1.56. The van der Waals surface area contributed by atoms with E-state index in [0.717, 1.165) is 11.3 Å². The molecule has 0 aliphatic heterocycles. The molecule has 2 rings (SSSR count). The molecule has 0 aromatic carbocycles. The highest BCUT2D eigenvalue weighted by molar-refractivity contribution is 7.13. The molecule has 70 valence electrons. The Balaban J connectivity index is 2.07. The number of hydrogen-bond acceptors (Lipinski definition) is 4. The zero-order valence-electron chi connectivity index (χ0n) is 7.06. The fraction of sp³-hybridized carbons (Fsp3) is 0.500. The van der Waals surface area contributed by atoms with Crippen LogP contribution < -0.4 is 4.74 Å². The second-order valence-electron chi connectivity index (χ2n) is 3.02. The van der Waals surface area contributed by atoms with E-state index in [4.69, 9.17) is 9.84 Å². The van der Waals surface area contributed by atoms with Gasteiger partial charge in [-0.2, -0.15) is 0 Å². The average molecular weight is 199 g/mol. The molecule has 1 heterocycles. The van der Waals surface area contributed by atoms with Gasteiger partial charge in [-0.05, 0) is 6.42 Å². The topological polar surface area (TPSA) is 59.4 Å². The minimum atomic E-state index is -0.711. The van der Waals surface area contributed by atoms with Crippen molar-refractivity contribution in [3.63, 3.8) is 0 Å². The Kier molecular flexibility index (Phi) is 1.95. The van der Waals surface area contributed by atoms with Gasteiger partial charge in [0.05, 0.1) is 13.0 Å². The number of methoxy groups -OCH3 is 1. The second-order valence-corrected chi connectivity index (χ2v) is 4.04. The quantitative estimate of drug-likeness (QED) is 0.798. The minimum Gasteiger partial charge on any atom is -0.481 e. The summed E-state index contributed by atoms with van der Waals surface area (Å²) in [5.74, 6) is -0.749. The van der Waals surface area contributed by atoms with Crippen molar-refractivity contribution >= 4 is 17.3 Å². The van der Waals surface area contributed by atoms with Gasteiger partial charge in [-0.1, -0.05) is 11.3 Å². The summed E-state index contributed by atoms with van der Waals surface area (Å²) in [5, 5.41) is 9.30. The summed E-state index contributed by atoms with van der Waals surface area (Å²) < 4.78 is 4.93. The maximum Gasteiger partial charge on any atom is 0.307 e. The van der Waals surface area contributed by atoms with Gasteiger partial charge in [0.25, 0.3) is 5.19 Å². The van der Waals surface area contributed by atoms with E-state index in [0.29, 0.717) is 5.19 Å². The van der Waals surface area contributed by atoms with Crippen LogP contribution in [0.1, 0.15) is 17.2 Å². The molecular weight excluding hydrogens is 190 g/mol. The number of hydrogen-bond donors (Lipinski definition) is 1. The Morgan fingerprint density at radius 1 is 1.85 bits per heavy atom. The van der Waals surface area contributed by atoms with Crippen molar-refractivity contribution in [1.29, 1.82) is 0 Å². The van der Waals surface area contributed by atoms with Crippen molar-refractivity contribution in [2.24, 2.45) is 5.92 Å². The molecular formula is C8H9NO3S. The van der Waals surface area contributed by atoms with Crippen LogP contribution in [0.5, 0.6) is 5.19 Å². The zero-order valence-corrected chi connectivity index (χ0v) is 7.87. The number of thiazole rings is 1. The van der Waals surface area contributed by atoms with Crippen LogP contribution in [0.15, 0.2) is 6.20 Å². The van der Waals surface area contributed by atoms with Crippen LogP contribution in [0.3, 0.4) is 0 Å². The maximum absolute atomic E-state index is 10.6. The summed E-state index contributed by atoms with van der Waals surface area (Å²) in [5.41, 5.74) is 0. The standard InChI is InChI=1S/C8H9NO3S/c1-12-8-9-3-6(13-8)4-2-5(4)7(10)11/h3-5H,2H2,1H3,(H,10,11)/t4-,5-/m1/s1. The molecule has 0 bridgehead atoms. The van der Waals surface area contributed by atoms with Gasteiger partial charge in [0.2, 0.25) is 0 Å². The van der Waals surface area contributed by atoms with Gasteiger partial charge in [0, 0.05) is 17.0 Å². The SMILES string of the molecule is COc1ncc([C@@H]2C[C@H]2C(=O)O)s1. The lowest BCUT2D eigenvalue weighted by atomic mass is 10.3. The number of carbonyl (C=O) groups is 1. The van der Waals surface area contributed by atoms with Gasteiger partial charge >= 0.3 is 5.97 Å². The van der Waals surface area contributed by atoms with Crippen LogP contribution >= 0.6 is 11.3 Å². The number of aliphatic carboxylic acids is 1. The molecule has 0 radical (unpaired) electrons. The summed E-state index contributed by atoms with van der Waals surface area (Å²) in [6, 6.07) is 0. The van der Waals surface area contributed by atoms with Crippen LogP contribution in [0.25, 0.3) is 0 Å². The van der Waals surface area contributed by atoms with E-state index in [9.17, 15) is 4.79 Å². The van der Waals surface area contributed by atoms with Gasteiger partial charge in [0.15, 0.2) is 0 Å². The van der Waals surface area contributed by atoms with Gasteiger partial charge in [-0.3, -0.25) is 4.79 Å². The highest BCUT2D eigenvalue weighted by atomic mass is 32.1. The number of nitrogens with zero attached hydrogens (tertiary/aromatic N) is 1. The molecule has 0 amide bonds. The first-order valence-electron chi connectivity index (χ1n) is 3.95. The van der Waals surface area contributed by atoms with Gasteiger partial charge in [-0.25, -0.2) is 4.98 Å². The Labute approximate surface area is 79.2 Å². The van der Waals surface area contributed by atoms with Crippen LogP contribution in [0, 0.1) is 5.92 Å². The summed E-state index contributed by atoms with van der Waals surface area (Å²) in [6.45, 7) is 0. The normalized spacial score (nSPS) is 25.6. The number of carboxylic acid groups (broad SMARTS) is 1. The molecule has 4 nitrogen and oxygen atoms in total. The highest BCUT2D eigenvalue weighted by Gasteiger charge is 2.45. The van der Waals surface area contributed by atoms with Crippen LogP contribution in [0.2, 0.25) is 0 Å². The van der Waals surface area contributed by atoms with Crippen molar-refractivity contribution in [2.45, 2.75) is 12.3 Å². The van der Waals surface area contributed by atoms with E-state index >= 15 is 0 Å². The third-order valence-electron chi connectivity index (χ3n) is 2.15. The van der Waals surface area contributed by atoms with E-state index in [-0.39, 0.29) is 11.8 Å². The highest BCUT2D eigenvalue weighted by Crippen LogP contribution is 2.50. The molecule has 1 aromatic heterocycles. The summed E-state index contributed by atoms with van der Waals surface area (Å²) in [4.78, 5) is 15.6. The lowest BCUT2D eigenvalue weighted by Crippen LogP contribution is -1.97. The summed E-state index contributed by atoms with van der Waals surface area (Å²) in [6.07, 6.45) is 2.44. The molecule has 0 unspecified atom stereocenters. The van der Waals surface area contributed by atoms with Crippen molar-refractivity contribution in [1.82, 2.24) is 4.98 Å². The lowest BCUT2D eigenvalue weighted by Gasteiger charge is -1.89. The van der Waals surface area contributed by atoms with E-state index < -0.39 is 5.97 Å². The molecule has 0 saturated heterocycles. The Morgan fingerprint density at radius 2 is 2.62 bits per heavy atom. The number of aromatic nitrogens is 1. The van der Waals surface area contributed by atoms with Crippen molar-refractivity contribution in [2.75, 3.05) is 7.11 Å². The van der Waals surface area contributed by atoms with Crippen molar-refractivity contribution < 1.29 is 14.6 Å². The monoisotopic (exact) mass is 199 g/mol. The van der Waals surface area contributed by atoms with Gasteiger partial charge in [-0.15, -0.1) is 0 Å². The van der Waals surface area contributed by atoms with Gasteiger partial charge < -0.3 is 9.84 Å². The first kappa shape index (κ1) is 8.50. The molecule has 1 N–H and O–H groups in total. The van der Waals surface area contributed by atoms with E-state index in [1.807, 2.05) is 0 Å². The molecule has 1 aliphatic rings. The van der Waals surface area contributed by atoms with Crippen LogP contribution in [-0.4, -0.2) is 23.2 Å². The van der Waals surface area contributed by atoms with E-state index in [2.05, 4.69) is 4.98 Å².